The van der Waals surface area contributed by atoms with Crippen molar-refractivity contribution in [2.45, 2.75) is 20.0 Å². The van der Waals surface area contributed by atoms with E-state index < -0.39 is 0 Å². The Bertz CT molecular complexity index is 621. The van der Waals surface area contributed by atoms with Gasteiger partial charge in [0, 0.05) is 14.7 Å². The van der Waals surface area contributed by atoms with Crippen LogP contribution in [0, 0.1) is 9.39 Å². The lowest BCUT2D eigenvalue weighted by Crippen LogP contribution is -2.07. The highest BCUT2D eigenvalue weighted by Crippen LogP contribution is 2.20. The Morgan fingerprint density at radius 3 is 2.35 bits per heavy atom. The molecule has 2 nitrogen and oxygen atoms in total. The van der Waals surface area contributed by atoms with E-state index in [1.54, 1.807) is 24.3 Å². The van der Waals surface area contributed by atoms with Gasteiger partial charge in [0.25, 0.3) is 0 Å². The predicted octanol–water partition coefficient (Wildman–Crippen LogP) is 4.45. The molecule has 20 heavy (non-hydrogen) atoms. The van der Waals surface area contributed by atoms with Gasteiger partial charge in [0.05, 0.1) is 6.10 Å². The Morgan fingerprint density at radius 2 is 1.80 bits per heavy atom. The number of carbonyl (C=O) groups excluding carboxylic acids is 1. The first-order chi connectivity index (χ1) is 9.47. The molecule has 2 aromatic carbocycles. The van der Waals surface area contributed by atoms with Crippen LogP contribution in [-0.4, -0.2) is 11.9 Å². The molecule has 104 valence electrons. The van der Waals surface area contributed by atoms with Crippen molar-refractivity contribution in [2.75, 3.05) is 0 Å². The molecule has 0 aliphatic heterocycles. The first kappa shape index (κ1) is 15.0. The van der Waals surface area contributed by atoms with Crippen LogP contribution >= 0.6 is 22.6 Å². The Balaban J connectivity index is 2.25. The molecular weight excluding hydrogens is 370 g/mol. The minimum atomic E-state index is -0.341. The number of rotatable bonds is 4. The molecule has 0 atom stereocenters. The third kappa shape index (κ3) is 3.56. The molecule has 0 bridgehead atoms. The minimum absolute atomic E-state index is 0.0922. The zero-order chi connectivity index (χ0) is 14.7. The van der Waals surface area contributed by atoms with E-state index in [1.807, 2.05) is 36.4 Å². The van der Waals surface area contributed by atoms with Crippen LogP contribution in [0.2, 0.25) is 0 Å². The summed E-state index contributed by atoms with van der Waals surface area (Å²) in [7, 11) is 0. The summed E-state index contributed by atoms with van der Waals surface area (Å²) in [6.45, 7) is 3.89. The van der Waals surface area contributed by atoms with E-state index in [0.29, 0.717) is 14.7 Å². The number of ether oxygens (including phenoxy) is 1. The standard InChI is InChI=1S/C16H14FIO2/c1-10(2)20-13-6-3-11(4-7-13)16(19)14-8-5-12(17)9-15(14)18/h3-10H,1-2H3. The molecule has 0 spiro atoms. The van der Waals surface area contributed by atoms with Crippen molar-refractivity contribution in [3.05, 3.63) is 63.0 Å². The Morgan fingerprint density at radius 1 is 1.15 bits per heavy atom. The van der Waals surface area contributed by atoms with Gasteiger partial charge in [-0.25, -0.2) is 4.39 Å². The van der Waals surface area contributed by atoms with Gasteiger partial charge in [-0.3, -0.25) is 4.79 Å². The van der Waals surface area contributed by atoms with Crippen LogP contribution in [-0.2, 0) is 0 Å². The van der Waals surface area contributed by atoms with Gasteiger partial charge in [0.15, 0.2) is 5.78 Å². The van der Waals surface area contributed by atoms with Gasteiger partial charge in [0.1, 0.15) is 11.6 Å². The highest BCUT2D eigenvalue weighted by molar-refractivity contribution is 14.1. The largest absolute Gasteiger partial charge is 0.491 e. The molecule has 0 radical (unpaired) electrons. The molecule has 0 amide bonds. The first-order valence-electron chi connectivity index (χ1n) is 6.24. The van der Waals surface area contributed by atoms with Crippen LogP contribution < -0.4 is 4.74 Å². The maximum Gasteiger partial charge on any atom is 0.194 e. The van der Waals surface area contributed by atoms with Gasteiger partial charge in [-0.15, -0.1) is 0 Å². The van der Waals surface area contributed by atoms with Crippen molar-refractivity contribution < 1.29 is 13.9 Å². The second-order valence-corrected chi connectivity index (χ2v) is 5.81. The Kier molecular flexibility index (Phi) is 4.75. The lowest BCUT2D eigenvalue weighted by molar-refractivity contribution is 0.103. The van der Waals surface area contributed by atoms with Crippen LogP contribution in [0.3, 0.4) is 0 Å². The molecule has 0 fully saturated rings. The molecule has 0 heterocycles. The summed E-state index contributed by atoms with van der Waals surface area (Å²) in [6, 6.07) is 11.1. The van der Waals surface area contributed by atoms with Crippen molar-refractivity contribution in [2.24, 2.45) is 0 Å². The normalized spacial score (nSPS) is 10.7. The van der Waals surface area contributed by atoms with Crippen molar-refractivity contribution in [3.63, 3.8) is 0 Å². The zero-order valence-electron chi connectivity index (χ0n) is 11.2. The SMILES string of the molecule is CC(C)Oc1ccc(C(=O)c2ccc(F)cc2I)cc1. The fraction of sp³-hybridized carbons (Fsp3) is 0.188. The molecule has 4 heteroatoms. The van der Waals surface area contributed by atoms with Gasteiger partial charge in [-0.05, 0) is 78.9 Å². The minimum Gasteiger partial charge on any atom is -0.491 e. The lowest BCUT2D eigenvalue weighted by atomic mass is 10.0. The van der Waals surface area contributed by atoms with E-state index in [4.69, 9.17) is 4.74 Å². The fourth-order valence-electron chi connectivity index (χ4n) is 1.79. The van der Waals surface area contributed by atoms with E-state index in [9.17, 15) is 9.18 Å². The van der Waals surface area contributed by atoms with Gasteiger partial charge in [-0.2, -0.15) is 0 Å². The summed E-state index contributed by atoms with van der Waals surface area (Å²) >= 11 is 1.97. The maximum absolute atomic E-state index is 13.1. The quantitative estimate of drug-likeness (QED) is 0.575. The zero-order valence-corrected chi connectivity index (χ0v) is 13.3. The number of ketones is 1. The van der Waals surface area contributed by atoms with Gasteiger partial charge >= 0.3 is 0 Å². The van der Waals surface area contributed by atoms with Crippen LogP contribution in [0.5, 0.6) is 5.75 Å². The molecule has 0 aromatic heterocycles. The van der Waals surface area contributed by atoms with E-state index in [-0.39, 0.29) is 17.7 Å². The monoisotopic (exact) mass is 384 g/mol. The summed E-state index contributed by atoms with van der Waals surface area (Å²) in [6.07, 6.45) is 0.0922. The highest BCUT2D eigenvalue weighted by atomic mass is 127. The summed E-state index contributed by atoms with van der Waals surface area (Å²) in [5, 5.41) is 0. The van der Waals surface area contributed by atoms with Crippen LogP contribution in [0.1, 0.15) is 29.8 Å². The van der Waals surface area contributed by atoms with Crippen molar-refractivity contribution >= 4 is 28.4 Å². The van der Waals surface area contributed by atoms with Crippen molar-refractivity contribution in [1.82, 2.24) is 0 Å². The molecule has 0 saturated carbocycles. The third-order valence-electron chi connectivity index (χ3n) is 2.66. The van der Waals surface area contributed by atoms with E-state index in [2.05, 4.69) is 0 Å². The van der Waals surface area contributed by atoms with Gasteiger partial charge in [0.2, 0.25) is 0 Å². The first-order valence-corrected chi connectivity index (χ1v) is 7.31. The van der Waals surface area contributed by atoms with Gasteiger partial charge in [-0.1, -0.05) is 0 Å². The number of carbonyl (C=O) groups is 1. The second-order valence-electron chi connectivity index (χ2n) is 4.64. The number of hydrogen-bond acceptors (Lipinski definition) is 2. The summed E-state index contributed by atoms with van der Waals surface area (Å²) in [4.78, 5) is 12.3. The average molecular weight is 384 g/mol. The average Bonchev–Trinajstić information content (AvgIpc) is 2.38. The predicted molar refractivity (Wildman–Crippen MR) is 84.8 cm³/mol. The topological polar surface area (TPSA) is 26.3 Å². The van der Waals surface area contributed by atoms with Crippen LogP contribution in [0.25, 0.3) is 0 Å². The Hall–Kier alpha value is -1.43. The summed E-state index contributed by atoms with van der Waals surface area (Å²) in [5.41, 5.74) is 1.06. The summed E-state index contributed by atoms with van der Waals surface area (Å²) < 4.78 is 19.2. The lowest BCUT2D eigenvalue weighted by Gasteiger charge is -2.10. The summed E-state index contributed by atoms with van der Waals surface area (Å²) in [5.74, 6) is 0.266. The molecule has 0 aliphatic carbocycles. The van der Waals surface area contributed by atoms with E-state index >= 15 is 0 Å². The van der Waals surface area contributed by atoms with Crippen molar-refractivity contribution in [3.8, 4) is 5.75 Å². The molecule has 0 N–H and O–H groups in total. The second kappa shape index (κ2) is 6.35. The van der Waals surface area contributed by atoms with Crippen LogP contribution in [0.15, 0.2) is 42.5 Å². The number of hydrogen-bond donors (Lipinski definition) is 0. The smallest absolute Gasteiger partial charge is 0.194 e. The fourth-order valence-corrected chi connectivity index (χ4v) is 2.51. The molecule has 0 aliphatic rings. The van der Waals surface area contributed by atoms with Gasteiger partial charge < -0.3 is 4.74 Å². The van der Waals surface area contributed by atoms with E-state index in [0.717, 1.165) is 5.75 Å². The highest BCUT2D eigenvalue weighted by Gasteiger charge is 2.13. The van der Waals surface area contributed by atoms with E-state index in [1.165, 1.54) is 18.2 Å². The third-order valence-corrected chi connectivity index (χ3v) is 3.56. The molecule has 0 unspecified atom stereocenters. The van der Waals surface area contributed by atoms with Crippen LogP contribution in [0.4, 0.5) is 4.39 Å². The molecule has 0 saturated heterocycles. The van der Waals surface area contributed by atoms with Crippen molar-refractivity contribution in [1.29, 1.82) is 0 Å². The number of benzene rings is 2. The number of halogens is 2. The maximum atomic E-state index is 13.1. The Labute approximate surface area is 131 Å². The molecular formula is C16H14FIO2. The molecule has 2 rings (SSSR count). The molecule has 2 aromatic rings.